The molecule has 0 aromatic carbocycles. The zero-order valence-corrected chi connectivity index (χ0v) is 7.84. The summed E-state index contributed by atoms with van der Waals surface area (Å²) in [5, 5.41) is 15.2. The topological polar surface area (TPSA) is 122 Å². The minimum atomic E-state index is -2.61. The van der Waals surface area contributed by atoms with Gasteiger partial charge < -0.3 is 10.4 Å². The summed E-state index contributed by atoms with van der Waals surface area (Å²) in [5.41, 5.74) is 3.86. The molecular formula is C4H16N2O5S. The summed E-state index contributed by atoms with van der Waals surface area (Å²) >= 11 is -2.61. The largest absolute Gasteiger partial charge is 0.317 e. The van der Waals surface area contributed by atoms with Gasteiger partial charge in [-0.15, -0.1) is 0 Å². The van der Waals surface area contributed by atoms with Crippen LogP contribution in [0, 0.1) is 0 Å². The van der Waals surface area contributed by atoms with E-state index in [0.29, 0.717) is 13.1 Å². The molecule has 0 atom stereocenters. The van der Waals surface area contributed by atoms with Gasteiger partial charge in [-0.1, -0.05) is 13.8 Å². The molecule has 0 saturated carbocycles. The van der Waals surface area contributed by atoms with Crippen LogP contribution in [0.2, 0.25) is 0 Å². The third-order valence-electron chi connectivity index (χ3n) is 0.316. The summed E-state index contributed by atoms with van der Waals surface area (Å²) in [4.78, 5) is 0. The second kappa shape index (κ2) is 22.4. The van der Waals surface area contributed by atoms with Crippen LogP contribution in [0.5, 0.6) is 0 Å². The molecule has 0 spiro atoms. The fourth-order valence-electron chi connectivity index (χ4n) is 0. The Hall–Kier alpha value is -0.0900. The van der Waals surface area contributed by atoms with Crippen molar-refractivity contribution in [3.63, 3.8) is 0 Å². The third kappa shape index (κ3) is 216. The van der Waals surface area contributed by atoms with Crippen molar-refractivity contribution in [2.45, 2.75) is 13.8 Å². The Morgan fingerprint density at radius 3 is 1.17 bits per heavy atom. The fourth-order valence-corrected chi connectivity index (χ4v) is 0. The highest BCUT2D eigenvalue weighted by molar-refractivity contribution is 7.73. The Morgan fingerprint density at radius 2 is 1.17 bits per heavy atom. The van der Waals surface area contributed by atoms with Gasteiger partial charge in [0.05, 0.1) is 0 Å². The first-order valence-corrected chi connectivity index (χ1v) is 4.16. The maximum atomic E-state index is 8.67. The maximum Gasteiger partial charge on any atom is 0.299 e. The Labute approximate surface area is 73.8 Å². The van der Waals surface area contributed by atoms with Gasteiger partial charge in [-0.05, 0) is 0 Å². The highest BCUT2D eigenvalue weighted by Gasteiger charge is 1.62. The van der Waals surface area contributed by atoms with Crippen molar-refractivity contribution in [3.05, 3.63) is 0 Å². The number of hydroxylamine groups is 2. The van der Waals surface area contributed by atoms with Crippen LogP contribution in [0.4, 0.5) is 0 Å². The second-order valence-corrected chi connectivity index (χ2v) is 1.72. The zero-order chi connectivity index (χ0) is 10.4. The predicted octanol–water partition coefficient (Wildman–Crippen LogP) is -0.349. The summed E-state index contributed by atoms with van der Waals surface area (Å²) in [7, 11) is 0. The van der Waals surface area contributed by atoms with Crippen molar-refractivity contribution in [1.29, 1.82) is 0 Å². The first-order valence-electron chi connectivity index (χ1n) is 3.10. The molecule has 7 nitrogen and oxygen atoms in total. The molecule has 0 aliphatic rings. The van der Waals surface area contributed by atoms with Gasteiger partial charge in [0.1, 0.15) is 0 Å². The molecule has 0 aliphatic carbocycles. The van der Waals surface area contributed by atoms with Crippen molar-refractivity contribution in [1.82, 2.24) is 11.0 Å². The van der Waals surface area contributed by atoms with Gasteiger partial charge in [-0.3, -0.25) is 9.11 Å². The molecule has 0 aliphatic heterocycles. The standard InChI is InChI=1S/2C2H7NO.H2O3S/c2*1-2-3-4;1-4(2)3/h2*3-4H,2H2,1H3;(H2,1,2,3). The molecule has 0 heterocycles. The van der Waals surface area contributed by atoms with E-state index in [2.05, 4.69) is 0 Å². The second-order valence-electron chi connectivity index (χ2n) is 1.25. The molecule has 0 radical (unpaired) electrons. The molecule has 0 aromatic rings. The number of hydrogen-bond donors (Lipinski definition) is 6. The predicted molar refractivity (Wildman–Crippen MR) is 44.3 cm³/mol. The lowest BCUT2D eigenvalue weighted by Gasteiger charge is -1.75. The normalized spacial score (nSPS) is 7.92. The highest BCUT2D eigenvalue weighted by Crippen LogP contribution is 1.44. The SMILES string of the molecule is CCNO.CCNO.O=S(O)O. The van der Waals surface area contributed by atoms with E-state index in [1.807, 2.05) is 24.8 Å². The molecule has 0 amide bonds. The monoisotopic (exact) mass is 204 g/mol. The average molecular weight is 204 g/mol. The van der Waals surface area contributed by atoms with E-state index in [-0.39, 0.29) is 0 Å². The molecule has 0 aromatic heterocycles. The van der Waals surface area contributed by atoms with E-state index >= 15 is 0 Å². The lowest BCUT2D eigenvalue weighted by Crippen LogP contribution is -2.02. The van der Waals surface area contributed by atoms with Gasteiger partial charge in [-0.25, -0.2) is 11.0 Å². The molecule has 0 unspecified atom stereocenters. The molecule has 12 heavy (non-hydrogen) atoms. The van der Waals surface area contributed by atoms with Crippen molar-refractivity contribution in [2.75, 3.05) is 13.1 Å². The Morgan fingerprint density at radius 1 is 1.08 bits per heavy atom. The van der Waals surface area contributed by atoms with Crippen molar-refractivity contribution in [3.8, 4) is 0 Å². The van der Waals surface area contributed by atoms with Crippen LogP contribution >= 0.6 is 0 Å². The third-order valence-corrected chi connectivity index (χ3v) is 0.316. The van der Waals surface area contributed by atoms with E-state index in [1.54, 1.807) is 0 Å². The van der Waals surface area contributed by atoms with Gasteiger partial charge in [-0.2, -0.15) is 4.21 Å². The summed E-state index contributed by atoms with van der Waals surface area (Å²) in [6.07, 6.45) is 0. The summed E-state index contributed by atoms with van der Waals surface area (Å²) in [5.74, 6) is 0. The average Bonchev–Trinajstić information content (AvgIpc) is 2.03. The Bertz CT molecular complexity index is 71.8. The molecule has 78 valence electrons. The van der Waals surface area contributed by atoms with Crippen molar-refractivity contribution >= 4 is 11.4 Å². The van der Waals surface area contributed by atoms with Crippen LogP contribution in [0.3, 0.4) is 0 Å². The quantitative estimate of drug-likeness (QED) is 0.268. The Balaban J connectivity index is -0.000000101. The summed E-state index contributed by atoms with van der Waals surface area (Å²) < 4.78 is 22.8. The zero-order valence-electron chi connectivity index (χ0n) is 7.02. The van der Waals surface area contributed by atoms with Crippen LogP contribution in [-0.2, 0) is 11.4 Å². The van der Waals surface area contributed by atoms with Crippen molar-refractivity contribution < 1.29 is 23.7 Å². The van der Waals surface area contributed by atoms with Crippen LogP contribution in [-0.4, -0.2) is 36.8 Å². The molecular weight excluding hydrogens is 188 g/mol. The van der Waals surface area contributed by atoms with Crippen LogP contribution in [0.15, 0.2) is 0 Å². The molecule has 6 N–H and O–H groups in total. The number of nitrogens with one attached hydrogen (secondary N) is 2. The van der Waals surface area contributed by atoms with Gasteiger partial charge in [0, 0.05) is 13.1 Å². The summed E-state index contributed by atoms with van der Waals surface area (Å²) in [6, 6.07) is 0. The first-order chi connectivity index (χ1) is 5.56. The molecule has 0 fully saturated rings. The minimum absolute atomic E-state index is 0.625. The first kappa shape index (κ1) is 17.9. The van der Waals surface area contributed by atoms with E-state index in [4.69, 9.17) is 23.7 Å². The van der Waals surface area contributed by atoms with Gasteiger partial charge in [0.15, 0.2) is 0 Å². The Kier molecular flexibility index (Phi) is 33.4. The van der Waals surface area contributed by atoms with E-state index < -0.39 is 11.4 Å². The van der Waals surface area contributed by atoms with Gasteiger partial charge in [0.25, 0.3) is 11.4 Å². The molecule has 8 heteroatoms. The van der Waals surface area contributed by atoms with E-state index in [0.717, 1.165) is 0 Å². The summed E-state index contributed by atoms with van der Waals surface area (Å²) in [6.45, 7) is 4.89. The lowest BCUT2D eigenvalue weighted by molar-refractivity contribution is 0.173. The smallest absolute Gasteiger partial charge is 0.299 e. The fraction of sp³-hybridized carbons (Fsp3) is 1.00. The lowest BCUT2D eigenvalue weighted by atomic mass is 10.8. The minimum Gasteiger partial charge on any atom is -0.317 e. The van der Waals surface area contributed by atoms with Crippen molar-refractivity contribution in [2.24, 2.45) is 0 Å². The molecule has 0 saturated heterocycles. The van der Waals surface area contributed by atoms with Crippen LogP contribution in [0.1, 0.15) is 13.8 Å². The van der Waals surface area contributed by atoms with Crippen LogP contribution in [0.25, 0.3) is 0 Å². The molecule has 0 bridgehead atoms. The number of hydrogen-bond acceptors (Lipinski definition) is 5. The number of rotatable bonds is 2. The molecule has 0 rings (SSSR count). The van der Waals surface area contributed by atoms with E-state index in [9.17, 15) is 0 Å². The maximum absolute atomic E-state index is 8.67. The van der Waals surface area contributed by atoms with E-state index in [1.165, 1.54) is 0 Å². The van der Waals surface area contributed by atoms with Gasteiger partial charge in [0.2, 0.25) is 0 Å². The van der Waals surface area contributed by atoms with Crippen LogP contribution < -0.4 is 11.0 Å². The highest BCUT2D eigenvalue weighted by atomic mass is 32.2. The van der Waals surface area contributed by atoms with Gasteiger partial charge >= 0.3 is 0 Å².